The molecule has 0 saturated heterocycles. The number of nitrogens with one attached hydrogen (secondary N) is 2. The Morgan fingerprint density at radius 1 is 1.19 bits per heavy atom. The Morgan fingerprint density at radius 3 is 2.59 bits per heavy atom. The van der Waals surface area contributed by atoms with Gasteiger partial charge in [0.1, 0.15) is 0 Å². The van der Waals surface area contributed by atoms with Crippen molar-refractivity contribution in [1.82, 2.24) is 9.55 Å². The van der Waals surface area contributed by atoms with Crippen molar-refractivity contribution in [1.29, 1.82) is 5.41 Å². The number of nitrogens with two attached hydrogens (primary N) is 1. The lowest BCUT2D eigenvalue weighted by molar-refractivity contribution is 0.0986. The average molecular weight is 430 g/mol. The fraction of sp³-hybridized carbons (Fsp3) is 0.346. The van der Waals surface area contributed by atoms with Crippen LogP contribution in [0.2, 0.25) is 0 Å². The van der Waals surface area contributed by atoms with Crippen molar-refractivity contribution in [2.45, 2.75) is 52.0 Å². The normalized spacial score (nSPS) is 17.6. The predicted octanol–water partition coefficient (Wildman–Crippen LogP) is 5.07. The van der Waals surface area contributed by atoms with Crippen LogP contribution in [0.1, 0.15) is 71.5 Å². The van der Waals surface area contributed by atoms with Gasteiger partial charge in [-0.1, -0.05) is 49.7 Å². The van der Waals surface area contributed by atoms with Gasteiger partial charge in [-0.05, 0) is 43.4 Å². The molecule has 0 radical (unpaired) electrons. The van der Waals surface area contributed by atoms with E-state index in [1.165, 1.54) is 11.1 Å². The number of para-hydroxylation sites is 1. The van der Waals surface area contributed by atoms with E-state index in [9.17, 15) is 4.79 Å². The molecule has 1 saturated carbocycles. The summed E-state index contributed by atoms with van der Waals surface area (Å²) in [4.78, 5) is 17.1. The first-order valence-corrected chi connectivity index (χ1v) is 11.3. The van der Waals surface area contributed by atoms with Crippen LogP contribution in [0.15, 0.2) is 42.5 Å². The molecule has 3 aromatic rings. The predicted molar refractivity (Wildman–Crippen MR) is 130 cm³/mol. The summed E-state index contributed by atoms with van der Waals surface area (Å²) in [5.74, 6) is 0.563. The maximum absolute atomic E-state index is 12.3. The summed E-state index contributed by atoms with van der Waals surface area (Å²) >= 11 is 0. The zero-order valence-corrected chi connectivity index (χ0v) is 19.2. The highest BCUT2D eigenvalue weighted by Gasteiger charge is 2.42. The van der Waals surface area contributed by atoms with E-state index in [1.54, 1.807) is 0 Å². The van der Waals surface area contributed by atoms with Crippen LogP contribution in [-0.4, -0.2) is 28.2 Å². The van der Waals surface area contributed by atoms with Crippen molar-refractivity contribution in [3.05, 3.63) is 70.7 Å². The second-order valence-corrected chi connectivity index (χ2v) is 8.35. The van der Waals surface area contributed by atoms with Gasteiger partial charge >= 0.3 is 0 Å². The van der Waals surface area contributed by atoms with Gasteiger partial charge < -0.3 is 21.0 Å². The van der Waals surface area contributed by atoms with Crippen molar-refractivity contribution >= 4 is 17.3 Å². The molecule has 1 heterocycles. The first kappa shape index (κ1) is 21.8. The summed E-state index contributed by atoms with van der Waals surface area (Å²) in [6.07, 6.45) is 2.10. The molecule has 32 heavy (non-hydrogen) atoms. The molecule has 3 aliphatic rings. The van der Waals surface area contributed by atoms with Gasteiger partial charge in [-0.3, -0.25) is 4.79 Å². The zero-order valence-electron chi connectivity index (χ0n) is 19.2. The molecule has 6 heteroatoms. The number of benzene rings is 2. The lowest BCUT2D eigenvalue weighted by Gasteiger charge is -2.34. The van der Waals surface area contributed by atoms with Crippen LogP contribution >= 0.6 is 0 Å². The molecular weight excluding hydrogens is 398 g/mol. The van der Waals surface area contributed by atoms with E-state index < -0.39 is 5.91 Å². The number of imidazole rings is 1. The third-order valence-corrected chi connectivity index (χ3v) is 6.49. The van der Waals surface area contributed by atoms with Gasteiger partial charge in [0, 0.05) is 35.5 Å². The third-order valence-electron chi connectivity index (χ3n) is 6.49. The molecule has 3 aliphatic carbocycles. The lowest BCUT2D eigenvalue weighted by Crippen LogP contribution is -2.26. The van der Waals surface area contributed by atoms with Crippen LogP contribution in [0.25, 0.3) is 11.3 Å². The van der Waals surface area contributed by atoms with Crippen molar-refractivity contribution in [3.8, 4) is 11.3 Å². The number of primary amides is 1. The van der Waals surface area contributed by atoms with Crippen LogP contribution in [0.5, 0.6) is 0 Å². The van der Waals surface area contributed by atoms with E-state index in [0.29, 0.717) is 17.5 Å². The number of anilines is 1. The van der Waals surface area contributed by atoms with Gasteiger partial charge in [0.2, 0.25) is 0 Å². The topological polar surface area (TPSA) is 96.8 Å². The number of hydrogen-bond acceptors (Lipinski definition) is 4. The minimum atomic E-state index is -0.553. The number of hydrogen-bond donors (Lipinski definition) is 3. The molecule has 1 amide bonds. The largest absolute Gasteiger partial charge is 0.388 e. The minimum Gasteiger partial charge on any atom is -0.388 e. The Balaban J connectivity index is 0.00000119. The van der Waals surface area contributed by atoms with Gasteiger partial charge in [0.15, 0.2) is 5.82 Å². The number of carbonyl (C=O) groups is 1. The van der Waals surface area contributed by atoms with Crippen LogP contribution in [0.3, 0.4) is 0 Å². The number of carbonyl (C=O) groups excluding carboxylic acids is 1. The van der Waals surface area contributed by atoms with Gasteiger partial charge in [-0.25, -0.2) is 4.98 Å². The van der Waals surface area contributed by atoms with E-state index in [0.717, 1.165) is 41.0 Å². The Hall–Kier alpha value is -3.41. The highest BCUT2D eigenvalue weighted by molar-refractivity contribution is 6.03. The van der Waals surface area contributed by atoms with Gasteiger partial charge in [0.05, 0.1) is 18.0 Å². The van der Waals surface area contributed by atoms with Crippen molar-refractivity contribution in [2.75, 3.05) is 12.4 Å². The monoisotopic (exact) mass is 429 g/mol. The molecule has 1 aromatic heterocycles. The zero-order chi connectivity index (χ0) is 23.0. The van der Waals surface area contributed by atoms with Gasteiger partial charge in [-0.15, -0.1) is 0 Å². The van der Waals surface area contributed by atoms with Crippen LogP contribution in [0, 0.1) is 12.3 Å². The molecule has 1 fully saturated rings. The van der Waals surface area contributed by atoms with E-state index in [1.807, 2.05) is 49.7 Å². The molecule has 2 bridgehead atoms. The van der Waals surface area contributed by atoms with E-state index in [2.05, 4.69) is 30.4 Å². The first-order valence-electron chi connectivity index (χ1n) is 11.3. The molecule has 4 N–H and O–H groups in total. The maximum atomic E-state index is 12.3. The Morgan fingerprint density at radius 2 is 1.91 bits per heavy atom. The SMILES string of the molecule is CC.CNc1ccccc1C(=N)Cn1c(C(N)=O)nc2c1C1CC(C1)c1ccc(C)cc1-2. The van der Waals surface area contributed by atoms with Gasteiger partial charge in [0.25, 0.3) is 5.91 Å². The lowest BCUT2D eigenvalue weighted by atomic mass is 9.71. The Labute approximate surface area is 189 Å². The molecule has 2 aromatic carbocycles. The summed E-state index contributed by atoms with van der Waals surface area (Å²) in [7, 11) is 1.85. The minimum absolute atomic E-state index is 0.240. The second kappa shape index (κ2) is 8.61. The molecule has 0 aliphatic heterocycles. The van der Waals surface area contributed by atoms with Crippen LogP contribution < -0.4 is 11.1 Å². The van der Waals surface area contributed by atoms with E-state index >= 15 is 0 Å². The van der Waals surface area contributed by atoms with E-state index in [4.69, 9.17) is 16.1 Å². The Kier molecular flexibility index (Phi) is 5.87. The fourth-order valence-electron chi connectivity index (χ4n) is 4.96. The first-order chi connectivity index (χ1) is 15.5. The van der Waals surface area contributed by atoms with Crippen molar-refractivity contribution in [3.63, 3.8) is 0 Å². The van der Waals surface area contributed by atoms with Crippen LogP contribution in [0.4, 0.5) is 5.69 Å². The smallest absolute Gasteiger partial charge is 0.284 e. The van der Waals surface area contributed by atoms with Crippen LogP contribution in [-0.2, 0) is 6.54 Å². The Bertz CT molecular complexity index is 1190. The molecule has 6 rings (SSSR count). The van der Waals surface area contributed by atoms with Crippen molar-refractivity contribution < 1.29 is 4.79 Å². The summed E-state index contributed by atoms with van der Waals surface area (Å²) < 4.78 is 1.89. The summed E-state index contributed by atoms with van der Waals surface area (Å²) in [5, 5.41) is 11.9. The molecule has 0 spiro atoms. The number of rotatable bonds is 5. The standard InChI is InChI=1S/C24H25N5O.C2H6/c1-13-7-8-16-14-10-15(11-14)22-21(18(16)9-13)28-24(23(26)30)29(22)12-19(25)17-5-3-4-6-20(17)27-2;1-2/h3-9,14-15,25,27H,10-12H2,1-2H3,(H2,26,30);1-2H3. The number of nitrogens with zero attached hydrogens (tertiary/aromatic N) is 2. The number of amides is 1. The molecule has 166 valence electrons. The summed E-state index contributed by atoms with van der Waals surface area (Å²) in [6.45, 7) is 6.34. The maximum Gasteiger partial charge on any atom is 0.284 e. The summed E-state index contributed by atoms with van der Waals surface area (Å²) in [6, 6.07) is 14.2. The quantitative estimate of drug-likeness (QED) is 0.494. The molecule has 0 unspecified atom stereocenters. The summed E-state index contributed by atoms with van der Waals surface area (Å²) in [5.41, 5.74) is 13.4. The molecule has 0 atom stereocenters. The third kappa shape index (κ3) is 3.49. The van der Waals surface area contributed by atoms with Crippen molar-refractivity contribution in [2.24, 2.45) is 5.73 Å². The number of aryl methyl sites for hydroxylation is 1. The van der Waals surface area contributed by atoms with E-state index in [-0.39, 0.29) is 12.4 Å². The highest BCUT2D eigenvalue weighted by atomic mass is 16.1. The number of aromatic nitrogens is 2. The fourth-order valence-corrected chi connectivity index (χ4v) is 4.96. The second-order valence-electron chi connectivity index (χ2n) is 8.35. The highest BCUT2D eigenvalue weighted by Crippen LogP contribution is 2.55. The molecular formula is C26H31N5O. The average Bonchev–Trinajstić information content (AvgIpc) is 3.01. The molecule has 6 nitrogen and oxygen atoms in total. The van der Waals surface area contributed by atoms with Gasteiger partial charge in [-0.2, -0.15) is 0 Å².